The summed E-state index contributed by atoms with van der Waals surface area (Å²) in [6.45, 7) is 3.78. The number of fused-ring (bicyclic) bond motifs is 1. The number of aromatic amines is 1. The summed E-state index contributed by atoms with van der Waals surface area (Å²) in [5.74, 6) is -1.94. The average Bonchev–Trinajstić information content (AvgIpc) is 3.23. The Kier molecular flexibility index (Phi) is 8.07. The van der Waals surface area contributed by atoms with E-state index in [1.165, 1.54) is 0 Å². The van der Waals surface area contributed by atoms with Crippen molar-refractivity contribution in [2.75, 3.05) is 0 Å². The Labute approximate surface area is 192 Å². The number of carboxylic acid groups (broad SMARTS) is 1. The zero-order valence-corrected chi connectivity index (χ0v) is 18.7. The molecule has 0 fully saturated rings. The number of ether oxygens (including phenoxy) is 1. The van der Waals surface area contributed by atoms with E-state index in [9.17, 15) is 19.5 Å². The van der Waals surface area contributed by atoms with E-state index >= 15 is 0 Å². The van der Waals surface area contributed by atoms with E-state index in [1.54, 1.807) is 6.20 Å². The lowest BCUT2D eigenvalue weighted by Gasteiger charge is -2.25. The van der Waals surface area contributed by atoms with Crippen LogP contribution in [-0.2, 0) is 27.4 Å². The second-order valence-electron chi connectivity index (χ2n) is 8.03. The van der Waals surface area contributed by atoms with Crippen molar-refractivity contribution < 1.29 is 24.2 Å². The highest BCUT2D eigenvalue weighted by Crippen LogP contribution is 2.19. The molecule has 4 N–H and O–H groups in total. The topological polar surface area (TPSA) is 121 Å². The molecule has 0 saturated carbocycles. The number of amides is 2. The third-order valence-corrected chi connectivity index (χ3v) is 5.70. The number of H-pyrrole nitrogens is 1. The molecule has 0 aliphatic rings. The predicted octanol–water partition coefficient (Wildman–Crippen LogP) is 3.62. The molecule has 0 aliphatic carbocycles. The molecule has 1 aromatic heterocycles. The Morgan fingerprint density at radius 1 is 1.03 bits per heavy atom. The van der Waals surface area contributed by atoms with Gasteiger partial charge in [0.1, 0.15) is 18.7 Å². The molecule has 8 heteroatoms. The van der Waals surface area contributed by atoms with Crippen LogP contribution >= 0.6 is 0 Å². The highest BCUT2D eigenvalue weighted by Gasteiger charge is 2.30. The molecule has 0 radical (unpaired) electrons. The van der Waals surface area contributed by atoms with Crippen LogP contribution in [0, 0.1) is 5.92 Å². The quantitative estimate of drug-likeness (QED) is 0.375. The van der Waals surface area contributed by atoms with Crippen LogP contribution in [0.4, 0.5) is 4.79 Å². The highest BCUT2D eigenvalue weighted by atomic mass is 16.5. The maximum Gasteiger partial charge on any atom is 0.408 e. The molecule has 0 bridgehead atoms. The standard InChI is InChI=1S/C25H29N3O5/c1-3-16(2)22(28-25(32)33-15-17-9-5-4-6-10-17)23(29)27-21(24(30)31)13-18-14-26-20-12-8-7-11-19(18)20/h4-12,14,16,21-22,26H,3,13,15H2,1-2H3,(H,27,29)(H,28,32)(H,30,31)/t16?,21-,22-/m0/s1. The van der Waals surface area contributed by atoms with Gasteiger partial charge in [-0.1, -0.05) is 68.8 Å². The Morgan fingerprint density at radius 2 is 1.73 bits per heavy atom. The van der Waals surface area contributed by atoms with Gasteiger partial charge in [-0.25, -0.2) is 9.59 Å². The van der Waals surface area contributed by atoms with Gasteiger partial charge in [-0.2, -0.15) is 0 Å². The summed E-state index contributed by atoms with van der Waals surface area (Å²) in [5, 5.41) is 15.8. The molecular weight excluding hydrogens is 422 g/mol. The molecule has 33 heavy (non-hydrogen) atoms. The maximum atomic E-state index is 13.0. The molecular formula is C25H29N3O5. The van der Waals surface area contributed by atoms with Gasteiger partial charge < -0.3 is 25.5 Å². The van der Waals surface area contributed by atoms with Crippen molar-refractivity contribution in [1.29, 1.82) is 0 Å². The number of carboxylic acids is 1. The molecule has 2 amide bonds. The zero-order chi connectivity index (χ0) is 23.8. The Hall–Kier alpha value is -3.81. The fourth-order valence-electron chi connectivity index (χ4n) is 3.58. The smallest absolute Gasteiger partial charge is 0.408 e. The first kappa shape index (κ1) is 23.8. The van der Waals surface area contributed by atoms with Gasteiger partial charge in [0.25, 0.3) is 0 Å². The summed E-state index contributed by atoms with van der Waals surface area (Å²) >= 11 is 0. The number of carbonyl (C=O) groups excluding carboxylic acids is 2. The van der Waals surface area contributed by atoms with Crippen molar-refractivity contribution in [2.45, 2.75) is 45.4 Å². The van der Waals surface area contributed by atoms with Crippen LogP contribution in [0.3, 0.4) is 0 Å². The van der Waals surface area contributed by atoms with Crippen molar-refractivity contribution in [2.24, 2.45) is 5.92 Å². The average molecular weight is 452 g/mol. The summed E-state index contributed by atoms with van der Waals surface area (Å²) in [6, 6.07) is 14.7. The van der Waals surface area contributed by atoms with Gasteiger partial charge in [0, 0.05) is 23.5 Å². The van der Waals surface area contributed by atoms with Crippen LogP contribution in [0.5, 0.6) is 0 Å². The molecule has 0 saturated heterocycles. The zero-order valence-electron chi connectivity index (χ0n) is 18.7. The van der Waals surface area contributed by atoms with Crippen molar-refractivity contribution in [1.82, 2.24) is 15.6 Å². The molecule has 3 atom stereocenters. The lowest BCUT2D eigenvalue weighted by atomic mass is 9.97. The van der Waals surface area contributed by atoms with Gasteiger partial charge in [0.05, 0.1) is 0 Å². The van der Waals surface area contributed by atoms with E-state index in [0.29, 0.717) is 6.42 Å². The van der Waals surface area contributed by atoms with E-state index in [2.05, 4.69) is 15.6 Å². The van der Waals surface area contributed by atoms with Crippen molar-refractivity contribution in [3.63, 3.8) is 0 Å². The van der Waals surface area contributed by atoms with Gasteiger partial charge in [0.2, 0.25) is 5.91 Å². The molecule has 2 aromatic carbocycles. The van der Waals surface area contributed by atoms with Gasteiger partial charge in [0.15, 0.2) is 0 Å². The molecule has 174 valence electrons. The number of hydrogen-bond donors (Lipinski definition) is 4. The lowest BCUT2D eigenvalue weighted by molar-refractivity contribution is -0.142. The first-order valence-corrected chi connectivity index (χ1v) is 10.9. The number of alkyl carbamates (subject to hydrolysis) is 1. The van der Waals surface area contributed by atoms with Gasteiger partial charge in [-0.15, -0.1) is 0 Å². The van der Waals surface area contributed by atoms with Crippen molar-refractivity contribution in [3.05, 3.63) is 71.9 Å². The maximum absolute atomic E-state index is 13.0. The fourth-order valence-corrected chi connectivity index (χ4v) is 3.58. The SMILES string of the molecule is CCC(C)[C@H](NC(=O)OCc1ccccc1)C(=O)N[C@@H](Cc1c[nH]c2ccccc12)C(=O)O. The van der Waals surface area contributed by atoms with Crippen LogP contribution in [0.1, 0.15) is 31.4 Å². The molecule has 1 heterocycles. The van der Waals surface area contributed by atoms with E-state index in [4.69, 9.17) is 4.74 Å². The van der Waals surface area contributed by atoms with Gasteiger partial charge >= 0.3 is 12.1 Å². The Morgan fingerprint density at radius 3 is 2.42 bits per heavy atom. The molecule has 0 aliphatic heterocycles. The largest absolute Gasteiger partial charge is 0.480 e. The first-order chi connectivity index (χ1) is 15.9. The number of aliphatic carboxylic acids is 1. The normalized spacial score (nSPS) is 13.6. The van der Waals surface area contributed by atoms with Crippen LogP contribution in [0.2, 0.25) is 0 Å². The summed E-state index contributed by atoms with van der Waals surface area (Å²) in [7, 11) is 0. The van der Waals surface area contributed by atoms with E-state index in [1.807, 2.05) is 68.4 Å². The van der Waals surface area contributed by atoms with Gasteiger partial charge in [-0.05, 0) is 23.1 Å². The summed E-state index contributed by atoms with van der Waals surface area (Å²) in [4.78, 5) is 40.4. The van der Waals surface area contributed by atoms with E-state index < -0.39 is 30.1 Å². The lowest BCUT2D eigenvalue weighted by Crippen LogP contribution is -2.54. The Bertz CT molecular complexity index is 1100. The Balaban J connectivity index is 1.66. The molecule has 8 nitrogen and oxygen atoms in total. The minimum Gasteiger partial charge on any atom is -0.480 e. The second-order valence-corrected chi connectivity index (χ2v) is 8.03. The van der Waals surface area contributed by atoms with Crippen LogP contribution in [-0.4, -0.2) is 40.1 Å². The van der Waals surface area contributed by atoms with Crippen molar-refractivity contribution in [3.8, 4) is 0 Å². The number of benzene rings is 2. The summed E-state index contributed by atoms with van der Waals surface area (Å²) in [5.41, 5.74) is 2.50. The number of para-hydroxylation sites is 1. The van der Waals surface area contributed by atoms with Gasteiger partial charge in [-0.3, -0.25) is 4.79 Å². The fraction of sp³-hybridized carbons (Fsp3) is 0.320. The van der Waals surface area contributed by atoms with Crippen LogP contribution in [0.25, 0.3) is 10.9 Å². The molecule has 1 unspecified atom stereocenters. The number of nitrogens with one attached hydrogen (secondary N) is 3. The van der Waals surface area contributed by atoms with Crippen LogP contribution in [0.15, 0.2) is 60.8 Å². The van der Waals surface area contributed by atoms with E-state index in [0.717, 1.165) is 22.0 Å². The molecule has 3 aromatic rings. The number of hydrogen-bond acceptors (Lipinski definition) is 4. The first-order valence-electron chi connectivity index (χ1n) is 10.9. The summed E-state index contributed by atoms with van der Waals surface area (Å²) in [6.07, 6.45) is 1.73. The number of aromatic nitrogens is 1. The predicted molar refractivity (Wildman–Crippen MR) is 125 cm³/mol. The van der Waals surface area contributed by atoms with Crippen LogP contribution < -0.4 is 10.6 Å². The molecule has 0 spiro atoms. The monoisotopic (exact) mass is 451 g/mol. The third-order valence-electron chi connectivity index (χ3n) is 5.70. The minimum absolute atomic E-state index is 0.0693. The second kappa shape index (κ2) is 11.2. The third kappa shape index (κ3) is 6.35. The van der Waals surface area contributed by atoms with Crippen molar-refractivity contribution >= 4 is 28.9 Å². The number of rotatable bonds is 10. The molecule has 3 rings (SSSR count). The minimum atomic E-state index is -1.15. The van der Waals surface area contributed by atoms with E-state index in [-0.39, 0.29) is 18.9 Å². The highest BCUT2D eigenvalue weighted by molar-refractivity contribution is 5.90. The summed E-state index contributed by atoms with van der Waals surface area (Å²) < 4.78 is 5.24. The number of carbonyl (C=O) groups is 3.